The maximum Gasteiger partial charge on any atom is 0.451 e. The Morgan fingerprint density at radius 2 is 1.89 bits per heavy atom. The minimum Gasteiger partial charge on any atom is -0.427 e. The number of rotatable bonds is 11. The second kappa shape index (κ2) is 10.8. The van der Waals surface area contributed by atoms with Crippen LogP contribution in [0.4, 0.5) is 0 Å². The van der Waals surface area contributed by atoms with Crippen LogP contribution in [0.3, 0.4) is 0 Å². The zero-order chi connectivity index (χ0) is 14.0. The predicted molar refractivity (Wildman–Crippen MR) is 75.2 cm³/mol. The Balaban J connectivity index is 3.58. The van der Waals surface area contributed by atoms with Crippen molar-refractivity contribution in [3.8, 4) is 0 Å². The summed E-state index contributed by atoms with van der Waals surface area (Å²) in [6.07, 6.45) is 3.89. The summed E-state index contributed by atoms with van der Waals surface area (Å²) in [5.74, 6) is 0.553. The third kappa shape index (κ3) is 11.0. The number of nitrogens with two attached hydrogens (primary N) is 1. The van der Waals surface area contributed by atoms with Gasteiger partial charge in [-0.25, -0.2) is 0 Å². The maximum atomic E-state index is 9.20. The summed E-state index contributed by atoms with van der Waals surface area (Å²) in [7, 11) is -1.20. The molecule has 18 heavy (non-hydrogen) atoms. The molecule has 5 nitrogen and oxygen atoms in total. The van der Waals surface area contributed by atoms with Gasteiger partial charge in [0.2, 0.25) is 0 Å². The molecular formula is C12H29BN2O3. The second-order valence-corrected chi connectivity index (χ2v) is 5.44. The Hall–Kier alpha value is -0.135. The number of aliphatic hydroxyl groups excluding tert-OH is 1. The molecule has 2 atom stereocenters. The van der Waals surface area contributed by atoms with Gasteiger partial charge in [-0.1, -0.05) is 26.7 Å². The molecule has 0 aliphatic rings. The molecule has 0 radical (unpaired) electrons. The van der Waals surface area contributed by atoms with Crippen LogP contribution in [0.2, 0.25) is 6.32 Å². The van der Waals surface area contributed by atoms with Crippen molar-refractivity contribution in [1.82, 2.24) is 5.32 Å². The zero-order valence-corrected chi connectivity index (χ0v) is 11.7. The predicted octanol–water partition coefficient (Wildman–Crippen LogP) is -0.0466. The molecule has 0 amide bonds. The summed E-state index contributed by atoms with van der Waals surface area (Å²) in [6, 6.07) is 0.178. The third-order valence-electron chi connectivity index (χ3n) is 2.93. The van der Waals surface area contributed by atoms with Crippen molar-refractivity contribution in [1.29, 1.82) is 0 Å². The molecule has 0 aromatic carbocycles. The minimum absolute atomic E-state index is 0.0575. The normalized spacial score (nSPS) is 14.8. The van der Waals surface area contributed by atoms with Crippen molar-refractivity contribution in [3.05, 3.63) is 0 Å². The molecule has 0 saturated carbocycles. The van der Waals surface area contributed by atoms with Gasteiger partial charge in [0.05, 0.1) is 6.61 Å². The fourth-order valence-corrected chi connectivity index (χ4v) is 1.94. The van der Waals surface area contributed by atoms with Crippen LogP contribution in [0.25, 0.3) is 0 Å². The molecule has 0 aliphatic heterocycles. The lowest BCUT2D eigenvalue weighted by atomic mass is 9.83. The average molecular weight is 260 g/mol. The van der Waals surface area contributed by atoms with Crippen LogP contribution in [0, 0.1) is 5.92 Å². The summed E-state index contributed by atoms with van der Waals surface area (Å²) in [4.78, 5) is 0. The molecule has 0 aromatic heterocycles. The van der Waals surface area contributed by atoms with Crippen LogP contribution < -0.4 is 11.1 Å². The van der Waals surface area contributed by atoms with E-state index in [4.69, 9.17) is 15.8 Å². The maximum absolute atomic E-state index is 9.20. The van der Waals surface area contributed by atoms with Crippen molar-refractivity contribution in [2.75, 3.05) is 13.2 Å². The number of aliphatic hydroxyl groups is 1. The Morgan fingerprint density at radius 1 is 1.22 bits per heavy atom. The Labute approximate surface area is 111 Å². The van der Waals surface area contributed by atoms with E-state index in [2.05, 4.69) is 19.2 Å². The van der Waals surface area contributed by atoms with Gasteiger partial charge in [-0.2, -0.15) is 0 Å². The number of nitrogens with one attached hydrogen (secondary N) is 1. The first kappa shape index (κ1) is 17.9. The van der Waals surface area contributed by atoms with E-state index in [1.54, 1.807) is 0 Å². The topological polar surface area (TPSA) is 98.7 Å². The first-order valence-corrected chi connectivity index (χ1v) is 6.91. The molecule has 6 heteroatoms. The van der Waals surface area contributed by atoms with Crippen LogP contribution in [0.15, 0.2) is 0 Å². The molecular weight excluding hydrogens is 231 g/mol. The quantitative estimate of drug-likeness (QED) is 0.265. The first-order valence-electron chi connectivity index (χ1n) is 6.91. The van der Waals surface area contributed by atoms with Crippen molar-refractivity contribution in [3.63, 3.8) is 0 Å². The lowest BCUT2D eigenvalue weighted by molar-refractivity contribution is 0.222. The van der Waals surface area contributed by atoms with Crippen LogP contribution >= 0.6 is 0 Å². The highest BCUT2D eigenvalue weighted by Gasteiger charge is 2.11. The van der Waals surface area contributed by atoms with Crippen LogP contribution in [-0.4, -0.2) is 47.5 Å². The molecule has 108 valence electrons. The van der Waals surface area contributed by atoms with Gasteiger partial charge in [0.25, 0.3) is 0 Å². The molecule has 0 heterocycles. The standard InChI is InChI=1S/C12H29BN2O3/c1-10(2)7-12(9-16)15-8-11(14)5-3-4-6-13(17)18/h10-12,15-18H,3-9,14H2,1-2H3/t11?,12-/m0/s1. The molecule has 0 aromatic rings. The van der Waals surface area contributed by atoms with E-state index in [9.17, 15) is 5.11 Å². The molecule has 0 aliphatic carbocycles. The largest absolute Gasteiger partial charge is 0.451 e. The van der Waals surface area contributed by atoms with E-state index >= 15 is 0 Å². The average Bonchev–Trinajstić information content (AvgIpc) is 2.29. The summed E-state index contributed by atoms with van der Waals surface area (Å²) >= 11 is 0. The molecule has 0 saturated heterocycles. The van der Waals surface area contributed by atoms with Gasteiger partial charge in [-0.3, -0.25) is 0 Å². The molecule has 0 rings (SSSR count). The molecule has 0 bridgehead atoms. The highest BCUT2D eigenvalue weighted by Crippen LogP contribution is 2.06. The smallest absolute Gasteiger partial charge is 0.427 e. The third-order valence-corrected chi connectivity index (χ3v) is 2.93. The van der Waals surface area contributed by atoms with Crippen molar-refractivity contribution in [2.24, 2.45) is 11.7 Å². The van der Waals surface area contributed by atoms with Gasteiger partial charge >= 0.3 is 7.12 Å². The van der Waals surface area contributed by atoms with Crippen molar-refractivity contribution in [2.45, 2.75) is 57.9 Å². The van der Waals surface area contributed by atoms with E-state index in [1.807, 2.05) is 0 Å². The van der Waals surface area contributed by atoms with Gasteiger partial charge in [0, 0.05) is 18.6 Å². The van der Waals surface area contributed by atoms with Gasteiger partial charge < -0.3 is 26.2 Å². The second-order valence-electron chi connectivity index (χ2n) is 5.44. The van der Waals surface area contributed by atoms with E-state index in [0.717, 1.165) is 25.7 Å². The van der Waals surface area contributed by atoms with Crippen LogP contribution in [0.5, 0.6) is 0 Å². The van der Waals surface area contributed by atoms with Gasteiger partial charge in [-0.05, 0) is 25.1 Å². The SMILES string of the molecule is CC(C)C[C@@H](CO)NCC(N)CCCCB(O)O. The molecule has 6 N–H and O–H groups in total. The molecule has 0 fully saturated rings. The lowest BCUT2D eigenvalue weighted by Gasteiger charge is -2.21. The van der Waals surface area contributed by atoms with Crippen LogP contribution in [-0.2, 0) is 0 Å². The van der Waals surface area contributed by atoms with Gasteiger partial charge in [0.15, 0.2) is 0 Å². The highest BCUT2D eigenvalue weighted by atomic mass is 16.4. The van der Waals surface area contributed by atoms with Crippen molar-refractivity contribution < 1.29 is 15.2 Å². The fourth-order valence-electron chi connectivity index (χ4n) is 1.94. The van der Waals surface area contributed by atoms with Gasteiger partial charge in [0.1, 0.15) is 0 Å². The monoisotopic (exact) mass is 260 g/mol. The number of hydrogen-bond donors (Lipinski definition) is 5. The number of unbranched alkanes of at least 4 members (excludes halogenated alkanes) is 1. The van der Waals surface area contributed by atoms with Crippen molar-refractivity contribution >= 4 is 7.12 Å². The summed E-state index contributed by atoms with van der Waals surface area (Å²) in [6.45, 7) is 5.09. The molecule has 0 spiro atoms. The van der Waals surface area contributed by atoms with E-state index in [-0.39, 0.29) is 18.7 Å². The molecule has 1 unspecified atom stereocenters. The lowest BCUT2D eigenvalue weighted by Crippen LogP contribution is -2.41. The number of hydrogen-bond acceptors (Lipinski definition) is 5. The summed E-state index contributed by atoms with van der Waals surface area (Å²) in [5.41, 5.74) is 5.96. The van der Waals surface area contributed by atoms with E-state index in [1.165, 1.54) is 0 Å². The summed E-state index contributed by atoms with van der Waals surface area (Å²) < 4.78 is 0. The Bertz CT molecular complexity index is 194. The Kier molecular flexibility index (Phi) is 10.7. The fraction of sp³-hybridized carbons (Fsp3) is 1.00. The van der Waals surface area contributed by atoms with Crippen LogP contribution in [0.1, 0.15) is 39.5 Å². The zero-order valence-electron chi connectivity index (χ0n) is 11.7. The first-order chi connectivity index (χ1) is 8.45. The highest BCUT2D eigenvalue weighted by molar-refractivity contribution is 6.40. The van der Waals surface area contributed by atoms with E-state index < -0.39 is 7.12 Å². The van der Waals surface area contributed by atoms with Gasteiger partial charge in [-0.15, -0.1) is 0 Å². The Morgan fingerprint density at radius 3 is 2.39 bits per heavy atom. The summed E-state index contributed by atoms with van der Waals surface area (Å²) in [5, 5.41) is 29.9. The van der Waals surface area contributed by atoms with E-state index in [0.29, 0.717) is 18.8 Å². The minimum atomic E-state index is -1.20.